The second kappa shape index (κ2) is 8.60. The zero-order chi connectivity index (χ0) is 24.1. The standard InChI is InChI=1S/C25H27F2N7O/c1-15-13-33-14-19(10-20(27)24(33)28-15)30-25(35)22-5-4-21(23-11-18(12-26)31-34(22)23)32-8-6-17(7-9-32)29-16-2-3-16/h4-5,10-11,13-14,16-17,29H,2-3,6-9,12H2,1H3,(H,30,35). The first kappa shape index (κ1) is 22.0. The van der Waals surface area contributed by atoms with Crippen LogP contribution in [0.25, 0.3) is 11.2 Å². The predicted molar refractivity (Wildman–Crippen MR) is 129 cm³/mol. The molecule has 1 saturated heterocycles. The molecule has 0 spiro atoms. The van der Waals surface area contributed by atoms with Crippen LogP contribution in [0.2, 0.25) is 0 Å². The number of hydrogen-bond acceptors (Lipinski definition) is 5. The summed E-state index contributed by atoms with van der Waals surface area (Å²) >= 11 is 0. The fourth-order valence-corrected chi connectivity index (χ4v) is 4.93. The van der Waals surface area contributed by atoms with Gasteiger partial charge in [-0.05, 0) is 50.8 Å². The number of imidazole rings is 1. The SMILES string of the molecule is Cc1cn2cc(NC(=O)c3ccc(N4CCC(NC5CC5)CC4)c4cc(CF)nn34)cc(F)c2n1. The molecular weight excluding hydrogens is 452 g/mol. The van der Waals surface area contributed by atoms with Crippen LogP contribution >= 0.6 is 0 Å². The van der Waals surface area contributed by atoms with Gasteiger partial charge in [-0.1, -0.05) is 0 Å². The first-order valence-corrected chi connectivity index (χ1v) is 12.0. The molecule has 1 aliphatic carbocycles. The van der Waals surface area contributed by atoms with Crippen molar-refractivity contribution < 1.29 is 13.6 Å². The number of amides is 1. The minimum atomic E-state index is -0.725. The van der Waals surface area contributed by atoms with Gasteiger partial charge in [-0.2, -0.15) is 5.10 Å². The number of carbonyl (C=O) groups excluding carboxylic acids is 1. The van der Waals surface area contributed by atoms with Crippen molar-refractivity contribution in [1.29, 1.82) is 0 Å². The number of anilines is 2. The summed E-state index contributed by atoms with van der Waals surface area (Å²) in [5, 5.41) is 10.8. The van der Waals surface area contributed by atoms with E-state index < -0.39 is 18.4 Å². The molecule has 2 aliphatic rings. The normalized spacial score (nSPS) is 16.9. The average molecular weight is 480 g/mol. The summed E-state index contributed by atoms with van der Waals surface area (Å²) in [4.78, 5) is 19.6. The molecule has 0 atom stereocenters. The van der Waals surface area contributed by atoms with Gasteiger partial charge >= 0.3 is 0 Å². The number of fused-ring (bicyclic) bond motifs is 2. The molecule has 8 nitrogen and oxygen atoms in total. The van der Waals surface area contributed by atoms with Gasteiger partial charge in [0, 0.05) is 43.6 Å². The fraction of sp³-hybridized carbons (Fsp3) is 0.400. The van der Waals surface area contributed by atoms with Crippen LogP contribution in [0.15, 0.2) is 36.7 Å². The van der Waals surface area contributed by atoms with Crippen molar-refractivity contribution >= 4 is 28.4 Å². The Balaban J connectivity index is 1.28. The average Bonchev–Trinajstić information content (AvgIpc) is 3.41. The fourth-order valence-electron chi connectivity index (χ4n) is 4.93. The summed E-state index contributed by atoms with van der Waals surface area (Å²) in [7, 11) is 0. The number of rotatable bonds is 6. The minimum absolute atomic E-state index is 0.197. The van der Waals surface area contributed by atoms with Crippen LogP contribution in [0.5, 0.6) is 0 Å². The molecule has 0 bridgehead atoms. The van der Waals surface area contributed by atoms with E-state index in [9.17, 15) is 13.6 Å². The molecule has 4 aromatic heterocycles. The van der Waals surface area contributed by atoms with E-state index in [1.54, 1.807) is 31.5 Å². The number of carbonyl (C=O) groups is 1. The molecule has 4 aromatic rings. The summed E-state index contributed by atoms with van der Waals surface area (Å²) in [6.45, 7) is 2.81. The molecule has 2 N–H and O–H groups in total. The minimum Gasteiger partial charge on any atom is -0.370 e. The highest BCUT2D eigenvalue weighted by atomic mass is 19.1. The number of hydrogen-bond donors (Lipinski definition) is 2. The highest BCUT2D eigenvalue weighted by molar-refractivity contribution is 6.04. The Kier molecular flexibility index (Phi) is 5.40. The lowest BCUT2D eigenvalue weighted by atomic mass is 10.0. The maximum Gasteiger partial charge on any atom is 0.274 e. The molecule has 182 valence electrons. The number of alkyl halides is 1. The van der Waals surface area contributed by atoms with Gasteiger partial charge in [-0.15, -0.1) is 0 Å². The number of halogens is 2. The van der Waals surface area contributed by atoms with E-state index in [2.05, 4.69) is 25.6 Å². The van der Waals surface area contributed by atoms with Crippen LogP contribution in [0.4, 0.5) is 20.2 Å². The summed E-state index contributed by atoms with van der Waals surface area (Å²) in [5.74, 6) is -0.993. The number of nitrogens with one attached hydrogen (secondary N) is 2. The Bertz CT molecular complexity index is 1420. The molecular formula is C25H27F2N7O. The topological polar surface area (TPSA) is 79.0 Å². The number of aryl methyl sites for hydroxylation is 1. The number of piperidine rings is 1. The van der Waals surface area contributed by atoms with E-state index in [0.29, 0.717) is 23.3 Å². The molecule has 1 aliphatic heterocycles. The van der Waals surface area contributed by atoms with Gasteiger partial charge in [0.25, 0.3) is 5.91 Å². The van der Waals surface area contributed by atoms with E-state index in [-0.39, 0.29) is 22.7 Å². The van der Waals surface area contributed by atoms with Crippen LogP contribution in [0, 0.1) is 12.7 Å². The van der Waals surface area contributed by atoms with Crippen LogP contribution in [0.1, 0.15) is 47.6 Å². The third kappa shape index (κ3) is 4.22. The number of aromatic nitrogens is 4. The largest absolute Gasteiger partial charge is 0.370 e. The van der Waals surface area contributed by atoms with Crippen molar-refractivity contribution in [1.82, 2.24) is 24.3 Å². The second-order valence-electron chi connectivity index (χ2n) is 9.52. The lowest BCUT2D eigenvalue weighted by Gasteiger charge is -2.34. The predicted octanol–water partition coefficient (Wildman–Crippen LogP) is 3.87. The van der Waals surface area contributed by atoms with Crippen molar-refractivity contribution in [3.05, 3.63) is 59.6 Å². The zero-order valence-corrected chi connectivity index (χ0v) is 19.5. The van der Waals surface area contributed by atoms with Gasteiger partial charge in [0.15, 0.2) is 11.5 Å². The van der Waals surface area contributed by atoms with Crippen molar-refractivity contribution in [2.45, 2.75) is 51.4 Å². The molecule has 5 heterocycles. The zero-order valence-electron chi connectivity index (χ0n) is 19.5. The van der Waals surface area contributed by atoms with Gasteiger partial charge < -0.3 is 19.9 Å². The molecule has 0 unspecified atom stereocenters. The van der Waals surface area contributed by atoms with Crippen molar-refractivity contribution in [2.24, 2.45) is 0 Å². The van der Waals surface area contributed by atoms with Crippen LogP contribution < -0.4 is 15.5 Å². The third-order valence-electron chi connectivity index (χ3n) is 6.79. The lowest BCUT2D eigenvalue weighted by molar-refractivity contribution is 0.102. The summed E-state index contributed by atoms with van der Waals surface area (Å²) in [6, 6.07) is 7.73. The van der Waals surface area contributed by atoms with Crippen molar-refractivity contribution in [3.63, 3.8) is 0 Å². The molecule has 2 fully saturated rings. The first-order valence-electron chi connectivity index (χ1n) is 12.0. The quantitative estimate of drug-likeness (QED) is 0.439. The highest BCUT2D eigenvalue weighted by Gasteiger charge is 2.28. The monoisotopic (exact) mass is 479 g/mol. The highest BCUT2D eigenvalue weighted by Crippen LogP contribution is 2.29. The van der Waals surface area contributed by atoms with Crippen LogP contribution in [-0.4, -0.2) is 50.1 Å². The van der Waals surface area contributed by atoms with Gasteiger partial charge in [0.2, 0.25) is 0 Å². The molecule has 6 rings (SSSR count). The van der Waals surface area contributed by atoms with Crippen LogP contribution in [0.3, 0.4) is 0 Å². The third-order valence-corrected chi connectivity index (χ3v) is 6.79. The Labute approximate surface area is 200 Å². The molecule has 1 saturated carbocycles. The summed E-state index contributed by atoms with van der Waals surface area (Å²) in [5.41, 5.74) is 3.29. The molecule has 1 amide bonds. The van der Waals surface area contributed by atoms with E-state index in [1.165, 1.54) is 27.8 Å². The summed E-state index contributed by atoms with van der Waals surface area (Å²) < 4.78 is 31.0. The Morgan fingerprint density at radius 2 is 1.89 bits per heavy atom. The van der Waals surface area contributed by atoms with E-state index in [0.717, 1.165) is 31.6 Å². The van der Waals surface area contributed by atoms with Crippen molar-refractivity contribution in [3.8, 4) is 0 Å². The maximum atomic E-state index is 14.5. The smallest absolute Gasteiger partial charge is 0.274 e. The number of pyridine rings is 2. The second-order valence-corrected chi connectivity index (χ2v) is 9.52. The van der Waals surface area contributed by atoms with Gasteiger partial charge in [0.1, 0.15) is 12.4 Å². The van der Waals surface area contributed by atoms with Gasteiger partial charge in [-0.25, -0.2) is 18.3 Å². The molecule has 0 aromatic carbocycles. The summed E-state index contributed by atoms with van der Waals surface area (Å²) in [6.07, 6.45) is 7.92. The molecule has 35 heavy (non-hydrogen) atoms. The molecule has 0 radical (unpaired) electrons. The Morgan fingerprint density at radius 3 is 2.63 bits per heavy atom. The molecule has 10 heteroatoms. The Morgan fingerprint density at radius 1 is 1.11 bits per heavy atom. The number of nitrogens with zero attached hydrogens (tertiary/aromatic N) is 5. The van der Waals surface area contributed by atoms with Crippen molar-refractivity contribution in [2.75, 3.05) is 23.3 Å². The first-order chi connectivity index (χ1) is 17.0. The Hall–Kier alpha value is -3.53. The van der Waals surface area contributed by atoms with Crippen LogP contribution in [-0.2, 0) is 6.67 Å². The van der Waals surface area contributed by atoms with E-state index in [4.69, 9.17) is 0 Å². The van der Waals surface area contributed by atoms with E-state index >= 15 is 0 Å². The van der Waals surface area contributed by atoms with Gasteiger partial charge in [0.05, 0.1) is 28.3 Å². The van der Waals surface area contributed by atoms with Gasteiger partial charge in [-0.3, -0.25) is 4.79 Å². The lowest BCUT2D eigenvalue weighted by Crippen LogP contribution is -2.43. The maximum absolute atomic E-state index is 14.5. The van der Waals surface area contributed by atoms with E-state index in [1.807, 2.05) is 6.07 Å².